The van der Waals surface area contributed by atoms with Crippen LogP contribution in [-0.2, 0) is 6.42 Å². The lowest BCUT2D eigenvalue weighted by Crippen LogP contribution is -2.19. The number of aryl methyl sites for hydroxylation is 1. The zero-order chi connectivity index (χ0) is 14.5. The number of hydrogen-bond donors (Lipinski definition) is 2. The van der Waals surface area contributed by atoms with Gasteiger partial charge in [-0.1, -0.05) is 24.2 Å². The number of benzene rings is 1. The molecule has 20 heavy (non-hydrogen) atoms. The number of aromatic nitrogens is 2. The molecule has 1 aromatic heterocycles. The van der Waals surface area contributed by atoms with E-state index in [0.717, 1.165) is 12.1 Å². The molecule has 0 atom stereocenters. The maximum atomic E-state index is 8.68. The topological polar surface area (TPSA) is 87.6 Å². The lowest BCUT2D eigenvalue weighted by Gasteiger charge is -2.17. The Hall–Kier alpha value is -2.63. The summed E-state index contributed by atoms with van der Waals surface area (Å²) < 4.78 is 0. The molecule has 0 aliphatic heterocycles. The number of rotatable bonds is 4. The zero-order valence-corrected chi connectivity index (χ0v) is 11.5. The molecule has 0 aliphatic carbocycles. The smallest absolute Gasteiger partial charge is 0.230 e. The van der Waals surface area contributed by atoms with Gasteiger partial charge in [0.2, 0.25) is 5.95 Å². The Labute approximate surface area is 117 Å². The predicted octanol–water partition coefficient (Wildman–Crippen LogP) is 1.90. The van der Waals surface area contributed by atoms with E-state index in [1.54, 1.807) is 12.3 Å². The van der Waals surface area contributed by atoms with Crippen LogP contribution in [0.5, 0.6) is 0 Å². The minimum Gasteiger partial charge on any atom is -0.409 e. The fourth-order valence-electron chi connectivity index (χ4n) is 1.77. The Balaban J connectivity index is 2.30. The van der Waals surface area contributed by atoms with Gasteiger partial charge in [-0.25, -0.2) is 9.97 Å². The summed E-state index contributed by atoms with van der Waals surface area (Å²) in [6.45, 7) is 2.11. The molecule has 0 fully saturated rings. The van der Waals surface area contributed by atoms with Crippen molar-refractivity contribution < 1.29 is 5.21 Å². The third kappa shape index (κ3) is 2.85. The first-order valence-electron chi connectivity index (χ1n) is 6.29. The Morgan fingerprint density at radius 3 is 2.60 bits per heavy atom. The van der Waals surface area contributed by atoms with Gasteiger partial charge in [0.1, 0.15) is 5.69 Å². The standard InChI is InChI=1S/C14H17N5O/c1-3-10-4-6-11(7-5-10)19(2)14-16-9-8-12(17-14)13(15)18-20/h4-9,20H,3H2,1-2H3,(H2,15,18). The first-order valence-corrected chi connectivity index (χ1v) is 6.29. The van der Waals surface area contributed by atoms with Crippen LogP contribution in [0, 0.1) is 0 Å². The fraction of sp³-hybridized carbons (Fsp3) is 0.214. The van der Waals surface area contributed by atoms with Crippen molar-refractivity contribution in [2.24, 2.45) is 10.9 Å². The summed E-state index contributed by atoms with van der Waals surface area (Å²) in [4.78, 5) is 10.3. The lowest BCUT2D eigenvalue weighted by molar-refractivity contribution is 0.318. The van der Waals surface area contributed by atoms with Crippen molar-refractivity contribution in [3.63, 3.8) is 0 Å². The predicted molar refractivity (Wildman–Crippen MR) is 78.4 cm³/mol. The van der Waals surface area contributed by atoms with Crippen LogP contribution in [0.15, 0.2) is 41.7 Å². The molecule has 0 bridgehead atoms. The molecule has 6 heteroatoms. The largest absolute Gasteiger partial charge is 0.409 e. The van der Waals surface area contributed by atoms with E-state index >= 15 is 0 Å². The van der Waals surface area contributed by atoms with Crippen LogP contribution < -0.4 is 10.6 Å². The number of nitrogens with two attached hydrogens (primary N) is 1. The van der Waals surface area contributed by atoms with E-state index in [0.29, 0.717) is 11.6 Å². The minimum atomic E-state index is -0.0385. The van der Waals surface area contributed by atoms with Crippen molar-refractivity contribution in [3.05, 3.63) is 47.8 Å². The second kappa shape index (κ2) is 6.01. The summed E-state index contributed by atoms with van der Waals surface area (Å²) in [5.74, 6) is 0.446. The van der Waals surface area contributed by atoms with Crippen molar-refractivity contribution >= 4 is 17.5 Å². The molecule has 6 nitrogen and oxygen atoms in total. The summed E-state index contributed by atoms with van der Waals surface area (Å²) in [6, 6.07) is 9.75. The second-order valence-electron chi connectivity index (χ2n) is 4.31. The molecule has 2 aromatic rings. The molecule has 104 valence electrons. The number of anilines is 2. The molecule has 0 aliphatic rings. The number of amidine groups is 1. The summed E-state index contributed by atoms with van der Waals surface area (Å²) in [7, 11) is 1.87. The SMILES string of the molecule is CCc1ccc(N(C)c2nccc(/C(N)=N/O)n2)cc1. The van der Waals surface area contributed by atoms with Gasteiger partial charge in [0.15, 0.2) is 5.84 Å². The Morgan fingerprint density at radius 2 is 2.00 bits per heavy atom. The van der Waals surface area contributed by atoms with Crippen molar-refractivity contribution in [2.45, 2.75) is 13.3 Å². The molecular weight excluding hydrogens is 254 g/mol. The van der Waals surface area contributed by atoms with Crippen LogP contribution in [-0.4, -0.2) is 28.1 Å². The summed E-state index contributed by atoms with van der Waals surface area (Å²) in [5.41, 5.74) is 8.16. The highest BCUT2D eigenvalue weighted by Crippen LogP contribution is 2.20. The van der Waals surface area contributed by atoms with Crippen molar-refractivity contribution in [3.8, 4) is 0 Å². The van der Waals surface area contributed by atoms with Gasteiger partial charge in [0.25, 0.3) is 0 Å². The average molecular weight is 271 g/mol. The van der Waals surface area contributed by atoms with Gasteiger partial charge in [-0.2, -0.15) is 0 Å². The van der Waals surface area contributed by atoms with E-state index in [4.69, 9.17) is 10.9 Å². The first kappa shape index (κ1) is 13.8. The molecule has 2 rings (SSSR count). The van der Waals surface area contributed by atoms with Gasteiger partial charge in [-0.05, 0) is 30.2 Å². The Bertz CT molecular complexity index is 609. The van der Waals surface area contributed by atoms with Crippen molar-refractivity contribution in [2.75, 3.05) is 11.9 Å². The number of oxime groups is 1. The summed E-state index contributed by atoms with van der Waals surface area (Å²) in [5, 5.41) is 11.6. The van der Waals surface area contributed by atoms with Gasteiger partial charge in [0, 0.05) is 18.9 Å². The van der Waals surface area contributed by atoms with Crippen LogP contribution in [0.25, 0.3) is 0 Å². The third-order valence-corrected chi connectivity index (χ3v) is 3.04. The summed E-state index contributed by atoms with van der Waals surface area (Å²) >= 11 is 0. The van der Waals surface area contributed by atoms with E-state index in [1.807, 2.05) is 24.1 Å². The molecule has 0 saturated heterocycles. The van der Waals surface area contributed by atoms with Crippen LogP contribution in [0.1, 0.15) is 18.2 Å². The average Bonchev–Trinajstić information content (AvgIpc) is 2.53. The molecule has 0 spiro atoms. The van der Waals surface area contributed by atoms with E-state index in [9.17, 15) is 0 Å². The minimum absolute atomic E-state index is 0.0385. The molecular formula is C14H17N5O. The summed E-state index contributed by atoms with van der Waals surface area (Å²) in [6.07, 6.45) is 2.58. The second-order valence-corrected chi connectivity index (χ2v) is 4.31. The molecule has 3 N–H and O–H groups in total. The van der Waals surface area contributed by atoms with Crippen molar-refractivity contribution in [1.29, 1.82) is 0 Å². The normalized spacial score (nSPS) is 11.4. The van der Waals surface area contributed by atoms with Crippen LogP contribution in [0.3, 0.4) is 0 Å². The third-order valence-electron chi connectivity index (χ3n) is 3.04. The molecule has 0 saturated carbocycles. The Morgan fingerprint density at radius 1 is 1.30 bits per heavy atom. The monoisotopic (exact) mass is 271 g/mol. The van der Waals surface area contributed by atoms with Crippen LogP contribution >= 0.6 is 0 Å². The Kier molecular flexibility index (Phi) is 4.14. The van der Waals surface area contributed by atoms with Gasteiger partial charge >= 0.3 is 0 Å². The number of nitrogens with zero attached hydrogens (tertiary/aromatic N) is 4. The first-order chi connectivity index (χ1) is 9.65. The molecule has 0 unspecified atom stereocenters. The van der Waals surface area contributed by atoms with E-state index in [2.05, 4.69) is 34.2 Å². The van der Waals surface area contributed by atoms with E-state index < -0.39 is 0 Å². The molecule has 0 amide bonds. The lowest BCUT2D eigenvalue weighted by atomic mass is 10.1. The zero-order valence-electron chi connectivity index (χ0n) is 11.5. The van der Waals surface area contributed by atoms with E-state index in [-0.39, 0.29) is 5.84 Å². The van der Waals surface area contributed by atoms with Gasteiger partial charge in [-0.3, -0.25) is 0 Å². The maximum Gasteiger partial charge on any atom is 0.230 e. The molecule has 1 heterocycles. The highest BCUT2D eigenvalue weighted by Gasteiger charge is 2.09. The maximum absolute atomic E-state index is 8.68. The van der Waals surface area contributed by atoms with E-state index in [1.165, 1.54) is 5.56 Å². The van der Waals surface area contributed by atoms with Gasteiger partial charge < -0.3 is 15.8 Å². The van der Waals surface area contributed by atoms with Gasteiger partial charge in [-0.15, -0.1) is 0 Å². The van der Waals surface area contributed by atoms with Gasteiger partial charge in [0.05, 0.1) is 0 Å². The highest BCUT2D eigenvalue weighted by molar-refractivity contribution is 5.95. The fourth-order valence-corrected chi connectivity index (χ4v) is 1.77. The molecule has 0 radical (unpaired) electrons. The number of hydrogen-bond acceptors (Lipinski definition) is 5. The van der Waals surface area contributed by atoms with Crippen LogP contribution in [0.2, 0.25) is 0 Å². The van der Waals surface area contributed by atoms with Crippen LogP contribution in [0.4, 0.5) is 11.6 Å². The quantitative estimate of drug-likeness (QED) is 0.384. The van der Waals surface area contributed by atoms with Crippen molar-refractivity contribution in [1.82, 2.24) is 9.97 Å². The molecule has 1 aromatic carbocycles. The highest BCUT2D eigenvalue weighted by atomic mass is 16.4.